The lowest BCUT2D eigenvalue weighted by molar-refractivity contribution is -0.0315. The van der Waals surface area contributed by atoms with Crippen molar-refractivity contribution >= 4 is 0 Å². The first kappa shape index (κ1) is 4.85. The second-order valence-corrected chi connectivity index (χ2v) is 0.601. The highest BCUT2D eigenvalue weighted by molar-refractivity contribution is 4.21. The highest BCUT2D eigenvalue weighted by Gasteiger charge is 1.91. The van der Waals surface area contributed by atoms with Gasteiger partial charge in [-0.2, -0.15) is 0 Å². The summed E-state index contributed by atoms with van der Waals surface area (Å²) in [6.07, 6.45) is -2.17. The van der Waals surface area contributed by atoms with Gasteiger partial charge in [0.2, 0.25) is 6.36 Å². The van der Waals surface area contributed by atoms with Crippen molar-refractivity contribution in [3.8, 4) is 0 Å². The Balaban J connectivity index is 2.54. The monoisotopic (exact) mass is 79.0 g/mol. The molecule has 31 valence electrons. The Kier molecular flexibility index (Phi) is 2.05. The SMILES string of the molecule is [O]CC(O)F. The number of hydrogen-bond acceptors (Lipinski definition) is 1. The molecule has 0 heterocycles. The third-order valence-corrected chi connectivity index (χ3v) is 0.138. The van der Waals surface area contributed by atoms with Crippen molar-refractivity contribution in [2.45, 2.75) is 6.36 Å². The van der Waals surface area contributed by atoms with Gasteiger partial charge in [-0.25, -0.2) is 9.50 Å². The number of halogens is 1. The van der Waals surface area contributed by atoms with Gasteiger partial charge in [0.1, 0.15) is 6.61 Å². The van der Waals surface area contributed by atoms with Crippen molar-refractivity contribution in [2.24, 2.45) is 0 Å². The van der Waals surface area contributed by atoms with E-state index in [9.17, 15) is 4.39 Å². The Hall–Kier alpha value is -0.150. The van der Waals surface area contributed by atoms with E-state index in [2.05, 4.69) is 0 Å². The lowest BCUT2D eigenvalue weighted by atomic mass is 10.8. The zero-order valence-electron chi connectivity index (χ0n) is 2.52. The van der Waals surface area contributed by atoms with Gasteiger partial charge in [0.05, 0.1) is 0 Å². The molecule has 0 aromatic heterocycles. The molecule has 1 atom stereocenters. The topological polar surface area (TPSA) is 40.1 Å². The molecule has 0 amide bonds. The first-order valence-electron chi connectivity index (χ1n) is 1.17. The number of hydrogen-bond donors (Lipinski definition) is 1. The zero-order valence-corrected chi connectivity index (χ0v) is 2.52. The van der Waals surface area contributed by atoms with E-state index < -0.39 is 13.0 Å². The highest BCUT2D eigenvalue weighted by atomic mass is 19.1. The molecular formula is C2H4FO2. The average Bonchev–Trinajstić information content (AvgIpc) is 1.38. The molecule has 2 nitrogen and oxygen atoms in total. The average molecular weight is 79.0 g/mol. The predicted octanol–water partition coefficient (Wildman–Crippen LogP) is -0.295. The van der Waals surface area contributed by atoms with Gasteiger partial charge in [-0.3, -0.25) is 0 Å². The van der Waals surface area contributed by atoms with Crippen molar-refractivity contribution in [3.05, 3.63) is 0 Å². The fraction of sp³-hybridized carbons (Fsp3) is 1.00. The fourth-order valence-electron chi connectivity index (χ4n) is 0. The van der Waals surface area contributed by atoms with Gasteiger partial charge < -0.3 is 5.11 Å². The lowest BCUT2D eigenvalue weighted by Crippen LogP contribution is -2.00. The van der Waals surface area contributed by atoms with Crippen LogP contribution in [-0.2, 0) is 5.11 Å². The first-order chi connectivity index (χ1) is 2.27. The molecule has 3 heteroatoms. The molecule has 0 spiro atoms. The van der Waals surface area contributed by atoms with Crippen LogP contribution in [-0.4, -0.2) is 18.1 Å². The van der Waals surface area contributed by atoms with Crippen molar-refractivity contribution in [1.82, 2.24) is 0 Å². The van der Waals surface area contributed by atoms with Gasteiger partial charge in [-0.05, 0) is 0 Å². The summed E-state index contributed by atoms with van der Waals surface area (Å²) in [4.78, 5) is 0. The van der Waals surface area contributed by atoms with Crippen molar-refractivity contribution in [3.63, 3.8) is 0 Å². The van der Waals surface area contributed by atoms with Crippen LogP contribution in [0.1, 0.15) is 0 Å². The first-order valence-corrected chi connectivity index (χ1v) is 1.17. The summed E-state index contributed by atoms with van der Waals surface area (Å²) in [5.41, 5.74) is 0. The highest BCUT2D eigenvalue weighted by Crippen LogP contribution is 1.75. The quantitative estimate of drug-likeness (QED) is 0.460. The van der Waals surface area contributed by atoms with Crippen molar-refractivity contribution in [1.29, 1.82) is 0 Å². The van der Waals surface area contributed by atoms with Crippen LogP contribution in [0.15, 0.2) is 0 Å². The Morgan fingerprint density at radius 1 is 2.00 bits per heavy atom. The molecule has 0 saturated heterocycles. The number of rotatable bonds is 1. The fourth-order valence-corrected chi connectivity index (χ4v) is 0. The molecule has 1 unspecified atom stereocenters. The van der Waals surface area contributed by atoms with Gasteiger partial charge in [0.15, 0.2) is 0 Å². The Labute approximate surface area is 28.9 Å². The van der Waals surface area contributed by atoms with Crippen LogP contribution in [0.3, 0.4) is 0 Å². The molecule has 0 aromatic rings. The normalized spacial score (nSPS) is 15.0. The second kappa shape index (κ2) is 2.11. The third kappa shape index (κ3) is 3.85. The molecular weight excluding hydrogens is 75.0 g/mol. The van der Waals surface area contributed by atoms with Crippen LogP contribution >= 0.6 is 0 Å². The third-order valence-electron chi connectivity index (χ3n) is 0.138. The van der Waals surface area contributed by atoms with Crippen molar-refractivity contribution < 1.29 is 14.6 Å². The van der Waals surface area contributed by atoms with Crippen LogP contribution in [0.2, 0.25) is 0 Å². The molecule has 1 radical (unpaired) electrons. The lowest BCUT2D eigenvalue weighted by Gasteiger charge is -1.83. The van der Waals surface area contributed by atoms with E-state index in [1.807, 2.05) is 0 Å². The molecule has 5 heavy (non-hydrogen) atoms. The molecule has 0 saturated carbocycles. The minimum atomic E-state index is -2.17. The number of aliphatic hydroxyl groups excluding tert-OH is 1. The maximum absolute atomic E-state index is 10.7. The molecule has 0 fully saturated rings. The molecule has 0 rings (SSSR count). The Morgan fingerprint density at radius 2 is 2.20 bits per heavy atom. The van der Waals surface area contributed by atoms with E-state index in [4.69, 9.17) is 10.2 Å². The summed E-state index contributed by atoms with van der Waals surface area (Å²) >= 11 is 0. The van der Waals surface area contributed by atoms with Gasteiger partial charge >= 0.3 is 0 Å². The molecule has 0 aliphatic carbocycles. The molecule has 0 aliphatic rings. The van der Waals surface area contributed by atoms with Crippen LogP contribution < -0.4 is 0 Å². The van der Waals surface area contributed by atoms with Gasteiger partial charge in [0.25, 0.3) is 0 Å². The van der Waals surface area contributed by atoms with E-state index in [-0.39, 0.29) is 0 Å². The predicted molar refractivity (Wildman–Crippen MR) is 12.7 cm³/mol. The summed E-state index contributed by atoms with van der Waals surface area (Å²) in [7, 11) is 0. The standard InChI is InChI=1S/C2H4FO2/c3-2(5)1-4/h2,5H,1H2. The summed E-state index contributed by atoms with van der Waals surface area (Å²) in [5.74, 6) is 0. The largest absolute Gasteiger partial charge is 0.362 e. The Morgan fingerprint density at radius 3 is 2.20 bits per heavy atom. The van der Waals surface area contributed by atoms with Crippen LogP contribution in [0, 0.1) is 0 Å². The minimum absolute atomic E-state index is 1.06. The molecule has 0 bridgehead atoms. The summed E-state index contributed by atoms with van der Waals surface area (Å²) < 4.78 is 10.7. The smallest absolute Gasteiger partial charge is 0.223 e. The Bertz CT molecular complexity index is 21.6. The van der Waals surface area contributed by atoms with E-state index >= 15 is 0 Å². The second-order valence-electron chi connectivity index (χ2n) is 0.601. The summed E-state index contributed by atoms with van der Waals surface area (Å²) in [6, 6.07) is 0. The maximum Gasteiger partial charge on any atom is 0.223 e. The zero-order chi connectivity index (χ0) is 4.28. The van der Waals surface area contributed by atoms with Gasteiger partial charge in [0, 0.05) is 0 Å². The maximum atomic E-state index is 10.7. The minimum Gasteiger partial charge on any atom is -0.362 e. The van der Waals surface area contributed by atoms with E-state index in [0.717, 1.165) is 0 Å². The number of alkyl halides is 1. The summed E-state index contributed by atoms with van der Waals surface area (Å²) in [5, 5.41) is 16.4. The summed E-state index contributed by atoms with van der Waals surface area (Å²) in [6.45, 7) is -1.06. The van der Waals surface area contributed by atoms with Gasteiger partial charge in [-0.1, -0.05) is 0 Å². The molecule has 1 N–H and O–H groups in total. The molecule has 0 aliphatic heterocycles. The van der Waals surface area contributed by atoms with Gasteiger partial charge in [-0.15, -0.1) is 0 Å². The molecule has 0 aromatic carbocycles. The van der Waals surface area contributed by atoms with E-state index in [0.29, 0.717) is 0 Å². The van der Waals surface area contributed by atoms with Crippen LogP contribution in [0.4, 0.5) is 4.39 Å². The van der Waals surface area contributed by atoms with Crippen LogP contribution in [0.5, 0.6) is 0 Å². The van der Waals surface area contributed by atoms with E-state index in [1.165, 1.54) is 0 Å². The van der Waals surface area contributed by atoms with Crippen LogP contribution in [0.25, 0.3) is 0 Å². The van der Waals surface area contributed by atoms with E-state index in [1.54, 1.807) is 0 Å². The number of aliphatic hydroxyl groups is 1. The van der Waals surface area contributed by atoms with Crippen molar-refractivity contribution in [2.75, 3.05) is 6.61 Å².